The van der Waals surface area contributed by atoms with Crippen molar-refractivity contribution < 1.29 is 9.47 Å². The summed E-state index contributed by atoms with van der Waals surface area (Å²) in [4.78, 5) is 0. The fraction of sp³-hybridized carbons (Fsp3) is 0.0769. The van der Waals surface area contributed by atoms with Gasteiger partial charge in [-0.05, 0) is 153 Å². The van der Waals surface area contributed by atoms with Gasteiger partial charge in [0, 0.05) is 8.95 Å². The van der Waals surface area contributed by atoms with Crippen LogP contribution in [0.3, 0.4) is 0 Å². The SMILES string of the molecule is Brc1ccccc1Cc1ccc(Oc2ccc(Cc3ccccc3Br)cc2)cc1.c1ccc2c(c1)Cc1ccc(Oc3ccc4c(c3)-c3ccccc3C4)cc1-2. The molecule has 0 radical (unpaired) electrons. The number of hydrogen-bond acceptors (Lipinski definition) is 2. The maximum atomic E-state index is 6.26. The second-order valence-corrected chi connectivity index (χ2v) is 16.0. The summed E-state index contributed by atoms with van der Waals surface area (Å²) in [6.07, 6.45) is 3.82. The first kappa shape index (κ1) is 36.0. The Morgan fingerprint density at radius 3 is 1.14 bits per heavy atom. The molecule has 2 aliphatic carbocycles. The van der Waals surface area contributed by atoms with E-state index >= 15 is 0 Å². The number of fused-ring (bicyclic) bond motifs is 6. The van der Waals surface area contributed by atoms with Crippen molar-refractivity contribution in [1.29, 1.82) is 0 Å². The molecule has 0 atom stereocenters. The zero-order valence-electron chi connectivity index (χ0n) is 30.7. The average molecular weight is 855 g/mol. The summed E-state index contributed by atoms with van der Waals surface area (Å²) in [5.41, 5.74) is 15.9. The van der Waals surface area contributed by atoms with Gasteiger partial charge < -0.3 is 9.47 Å². The van der Waals surface area contributed by atoms with E-state index < -0.39 is 0 Å². The third kappa shape index (κ3) is 8.00. The van der Waals surface area contributed by atoms with Crippen LogP contribution in [0.25, 0.3) is 22.3 Å². The molecule has 272 valence electrons. The Kier molecular flexibility index (Phi) is 10.4. The molecule has 0 heterocycles. The van der Waals surface area contributed by atoms with Gasteiger partial charge in [-0.3, -0.25) is 0 Å². The molecule has 10 rings (SSSR count). The lowest BCUT2D eigenvalue weighted by Crippen LogP contribution is -1.91. The van der Waals surface area contributed by atoms with Crippen molar-refractivity contribution >= 4 is 31.9 Å². The van der Waals surface area contributed by atoms with Crippen LogP contribution in [0.15, 0.2) is 191 Å². The molecule has 2 nitrogen and oxygen atoms in total. The Morgan fingerprint density at radius 2 is 0.696 bits per heavy atom. The predicted octanol–water partition coefficient (Wildman–Crippen LogP) is 14.8. The summed E-state index contributed by atoms with van der Waals surface area (Å²) in [6, 6.07) is 63.5. The Labute approximate surface area is 345 Å². The largest absolute Gasteiger partial charge is 0.457 e. The first-order chi connectivity index (χ1) is 27.5. The molecule has 8 aromatic carbocycles. The monoisotopic (exact) mass is 852 g/mol. The van der Waals surface area contributed by atoms with E-state index in [-0.39, 0.29) is 0 Å². The molecule has 56 heavy (non-hydrogen) atoms. The highest BCUT2D eigenvalue weighted by Gasteiger charge is 2.20. The second-order valence-electron chi connectivity index (χ2n) is 14.3. The predicted molar refractivity (Wildman–Crippen MR) is 236 cm³/mol. The van der Waals surface area contributed by atoms with E-state index in [2.05, 4.69) is 177 Å². The zero-order valence-corrected chi connectivity index (χ0v) is 33.9. The van der Waals surface area contributed by atoms with Crippen molar-refractivity contribution in [2.75, 3.05) is 0 Å². The van der Waals surface area contributed by atoms with Gasteiger partial charge >= 0.3 is 0 Å². The lowest BCUT2D eigenvalue weighted by molar-refractivity contribution is 0.482. The number of rotatable bonds is 8. The van der Waals surface area contributed by atoms with Gasteiger partial charge in [0.2, 0.25) is 0 Å². The van der Waals surface area contributed by atoms with Gasteiger partial charge in [-0.15, -0.1) is 0 Å². The van der Waals surface area contributed by atoms with E-state index in [9.17, 15) is 0 Å². The molecule has 0 aromatic heterocycles. The van der Waals surface area contributed by atoms with Crippen LogP contribution in [0.4, 0.5) is 0 Å². The fourth-order valence-electron chi connectivity index (χ4n) is 7.68. The topological polar surface area (TPSA) is 18.5 Å². The highest BCUT2D eigenvalue weighted by Crippen LogP contribution is 2.42. The number of hydrogen-bond donors (Lipinski definition) is 0. The summed E-state index contributed by atoms with van der Waals surface area (Å²) >= 11 is 7.23. The zero-order chi connectivity index (χ0) is 37.8. The lowest BCUT2D eigenvalue weighted by Gasteiger charge is -2.10. The molecule has 8 aromatic rings. The number of benzene rings is 8. The molecular weight excluding hydrogens is 816 g/mol. The Hall–Kier alpha value is -5.68. The van der Waals surface area contributed by atoms with Crippen LogP contribution in [-0.4, -0.2) is 0 Å². The van der Waals surface area contributed by atoms with Crippen LogP contribution in [0, 0.1) is 0 Å². The van der Waals surface area contributed by atoms with Gasteiger partial charge in [0.15, 0.2) is 0 Å². The molecule has 0 aliphatic heterocycles. The second kappa shape index (κ2) is 16.2. The molecule has 0 spiro atoms. The Morgan fingerprint density at radius 1 is 0.339 bits per heavy atom. The molecule has 0 unspecified atom stereocenters. The van der Waals surface area contributed by atoms with Crippen molar-refractivity contribution in [2.45, 2.75) is 25.7 Å². The standard InChI is InChI=1S/C26H20Br2O.C26H18O/c27-25-7-3-1-5-21(25)17-19-9-13-23(14-10-19)29-24-15-11-20(12-16-24)18-22-6-2-4-8-26(22)28;1-3-7-23-17(5-1)13-19-9-11-21(15-25(19)23)27-22-12-10-20-14-18-6-2-4-8-24(18)26(20)16-22/h1-16H,17-18H2;1-12,15-16H,13-14H2. The number of ether oxygens (including phenoxy) is 2. The molecule has 0 amide bonds. The summed E-state index contributed by atoms with van der Waals surface area (Å²) in [5.74, 6) is 3.49. The van der Waals surface area contributed by atoms with Crippen molar-refractivity contribution in [2.24, 2.45) is 0 Å². The molecule has 0 fully saturated rings. The molecule has 0 bridgehead atoms. The molecule has 0 saturated heterocycles. The normalized spacial score (nSPS) is 11.8. The maximum Gasteiger partial charge on any atom is 0.128 e. The van der Waals surface area contributed by atoms with Crippen LogP contribution in [-0.2, 0) is 25.7 Å². The minimum Gasteiger partial charge on any atom is -0.457 e. The highest BCUT2D eigenvalue weighted by molar-refractivity contribution is 9.10. The van der Waals surface area contributed by atoms with Crippen molar-refractivity contribution in [1.82, 2.24) is 0 Å². The summed E-state index contributed by atoms with van der Waals surface area (Å²) in [5, 5.41) is 0. The third-order valence-corrected chi connectivity index (χ3v) is 12.1. The smallest absolute Gasteiger partial charge is 0.128 e. The van der Waals surface area contributed by atoms with Crippen LogP contribution in [0.5, 0.6) is 23.0 Å². The van der Waals surface area contributed by atoms with E-state index in [1.807, 2.05) is 36.4 Å². The average Bonchev–Trinajstić information content (AvgIpc) is 3.79. The highest BCUT2D eigenvalue weighted by atomic mass is 79.9. The van der Waals surface area contributed by atoms with E-state index in [4.69, 9.17) is 9.47 Å². The summed E-state index contributed by atoms with van der Waals surface area (Å²) in [6.45, 7) is 0. The van der Waals surface area contributed by atoms with Crippen molar-refractivity contribution in [3.63, 3.8) is 0 Å². The maximum absolute atomic E-state index is 6.26. The molecule has 0 saturated carbocycles. The molecule has 0 N–H and O–H groups in total. The van der Waals surface area contributed by atoms with Crippen LogP contribution in [0.1, 0.15) is 44.5 Å². The molecule has 4 heteroatoms. The van der Waals surface area contributed by atoms with Gasteiger partial charge in [0.05, 0.1) is 0 Å². The molecule has 2 aliphatic rings. The summed E-state index contributed by atoms with van der Waals surface area (Å²) < 4.78 is 14.6. The van der Waals surface area contributed by atoms with Gasteiger partial charge in [-0.2, -0.15) is 0 Å². The fourth-order valence-corrected chi connectivity index (χ4v) is 8.53. The van der Waals surface area contributed by atoms with Gasteiger partial charge in [-0.25, -0.2) is 0 Å². The van der Waals surface area contributed by atoms with Crippen LogP contribution in [0.2, 0.25) is 0 Å². The van der Waals surface area contributed by atoms with E-state index in [1.165, 1.54) is 66.8 Å². The van der Waals surface area contributed by atoms with Crippen molar-refractivity contribution in [3.05, 3.63) is 235 Å². The summed E-state index contributed by atoms with van der Waals surface area (Å²) in [7, 11) is 0. The first-order valence-electron chi connectivity index (χ1n) is 19.0. The first-order valence-corrected chi connectivity index (χ1v) is 20.5. The Balaban J connectivity index is 0.000000146. The lowest BCUT2D eigenvalue weighted by atomic mass is 10.0. The number of halogens is 2. The van der Waals surface area contributed by atoms with E-state index in [0.29, 0.717) is 0 Å². The molecular formula is C52H38Br2O2. The van der Waals surface area contributed by atoms with Gasteiger partial charge in [-0.1, -0.05) is 153 Å². The minimum absolute atomic E-state index is 0.847. The van der Waals surface area contributed by atoms with Gasteiger partial charge in [0.1, 0.15) is 23.0 Å². The van der Waals surface area contributed by atoms with Gasteiger partial charge in [0.25, 0.3) is 0 Å². The quantitative estimate of drug-likeness (QED) is 0.152. The van der Waals surface area contributed by atoms with Crippen molar-refractivity contribution in [3.8, 4) is 45.3 Å². The minimum atomic E-state index is 0.847. The third-order valence-electron chi connectivity index (χ3n) is 10.6. The van der Waals surface area contributed by atoms with Crippen LogP contribution < -0.4 is 9.47 Å². The van der Waals surface area contributed by atoms with Crippen LogP contribution >= 0.6 is 31.9 Å². The van der Waals surface area contributed by atoms with E-state index in [1.54, 1.807) is 0 Å². The Bertz CT molecular complexity index is 2480. The van der Waals surface area contributed by atoms with E-state index in [0.717, 1.165) is 57.6 Å².